The predicted octanol–water partition coefficient (Wildman–Crippen LogP) is 3.82. The van der Waals surface area contributed by atoms with E-state index >= 15 is 0 Å². The first kappa shape index (κ1) is 16.2. The maximum absolute atomic E-state index is 13.2. The van der Waals surface area contributed by atoms with Crippen molar-refractivity contribution in [3.05, 3.63) is 53.2 Å². The Balaban J connectivity index is 2.07. The Morgan fingerprint density at radius 3 is 2.64 bits per heavy atom. The van der Waals surface area contributed by atoms with Crippen LogP contribution in [-0.4, -0.2) is 23.9 Å². The van der Waals surface area contributed by atoms with Crippen LogP contribution < -0.4 is 5.32 Å². The second kappa shape index (κ2) is 7.22. The van der Waals surface area contributed by atoms with Crippen LogP contribution in [0.3, 0.4) is 0 Å². The molecule has 0 radical (unpaired) electrons. The summed E-state index contributed by atoms with van der Waals surface area (Å²) in [4.78, 5) is 14.4. The Bertz CT molecular complexity index is 648. The summed E-state index contributed by atoms with van der Waals surface area (Å²) < 4.78 is 18.8. The highest BCUT2D eigenvalue weighted by Gasteiger charge is 2.14. The van der Waals surface area contributed by atoms with Crippen molar-refractivity contribution in [1.29, 1.82) is 0 Å². The summed E-state index contributed by atoms with van der Waals surface area (Å²) in [6, 6.07) is 7.72. The summed E-state index contributed by atoms with van der Waals surface area (Å²) in [5, 5.41) is 2.68. The topological polar surface area (TPSA) is 45.5 Å². The molecule has 1 amide bonds. The van der Waals surface area contributed by atoms with Gasteiger partial charge in [-0.25, -0.2) is 4.39 Å². The Labute approximate surface area is 129 Å². The lowest BCUT2D eigenvalue weighted by Gasteiger charge is -2.15. The molecule has 0 aliphatic carbocycles. The van der Waals surface area contributed by atoms with Crippen molar-refractivity contribution in [2.75, 3.05) is 18.4 Å². The van der Waals surface area contributed by atoms with Crippen molar-refractivity contribution >= 4 is 11.6 Å². The maximum Gasteiger partial charge on any atom is 0.291 e. The van der Waals surface area contributed by atoms with Crippen LogP contribution in [0.1, 0.15) is 35.7 Å². The van der Waals surface area contributed by atoms with Gasteiger partial charge in [-0.15, -0.1) is 0 Å². The van der Waals surface area contributed by atoms with Crippen molar-refractivity contribution < 1.29 is 13.6 Å². The van der Waals surface area contributed by atoms with Crippen molar-refractivity contribution in [3.63, 3.8) is 0 Å². The number of carbonyl (C=O) groups excluding carboxylic acids is 1. The Kier molecular flexibility index (Phi) is 5.33. The molecule has 0 spiro atoms. The maximum atomic E-state index is 13.2. The van der Waals surface area contributed by atoms with Crippen LogP contribution in [-0.2, 0) is 6.54 Å². The van der Waals surface area contributed by atoms with Crippen LogP contribution in [0, 0.1) is 12.7 Å². The zero-order valence-corrected chi connectivity index (χ0v) is 13.1. The predicted molar refractivity (Wildman–Crippen MR) is 84.4 cm³/mol. The van der Waals surface area contributed by atoms with Gasteiger partial charge in [-0.1, -0.05) is 19.9 Å². The minimum Gasteiger partial charge on any atom is -0.455 e. The van der Waals surface area contributed by atoms with Crippen molar-refractivity contribution in [2.45, 2.75) is 27.3 Å². The average Bonchev–Trinajstić information content (AvgIpc) is 2.97. The molecule has 0 aliphatic rings. The normalized spacial score (nSPS) is 11.0. The van der Waals surface area contributed by atoms with Gasteiger partial charge in [-0.05, 0) is 49.8 Å². The van der Waals surface area contributed by atoms with Gasteiger partial charge in [0.1, 0.15) is 11.6 Å². The lowest BCUT2D eigenvalue weighted by atomic mass is 10.2. The van der Waals surface area contributed by atoms with Crippen molar-refractivity contribution in [1.82, 2.24) is 4.90 Å². The van der Waals surface area contributed by atoms with E-state index in [2.05, 4.69) is 24.1 Å². The number of carbonyl (C=O) groups is 1. The first-order valence-electron chi connectivity index (χ1n) is 7.42. The molecule has 0 aliphatic heterocycles. The number of benzene rings is 1. The summed E-state index contributed by atoms with van der Waals surface area (Å²) in [5.74, 6) is 0.206. The highest BCUT2D eigenvalue weighted by molar-refractivity contribution is 6.02. The lowest BCUT2D eigenvalue weighted by Crippen LogP contribution is -2.21. The summed E-state index contributed by atoms with van der Waals surface area (Å²) in [6.07, 6.45) is 0. The van der Waals surface area contributed by atoms with E-state index in [0.29, 0.717) is 12.2 Å². The molecule has 22 heavy (non-hydrogen) atoms. The summed E-state index contributed by atoms with van der Waals surface area (Å²) in [5.41, 5.74) is 1.25. The van der Waals surface area contributed by atoms with E-state index < -0.39 is 0 Å². The van der Waals surface area contributed by atoms with E-state index in [1.54, 1.807) is 18.2 Å². The van der Waals surface area contributed by atoms with Crippen molar-refractivity contribution in [3.8, 4) is 0 Å². The zero-order chi connectivity index (χ0) is 16.1. The zero-order valence-electron chi connectivity index (χ0n) is 13.1. The number of aryl methyl sites for hydroxylation is 1. The first-order chi connectivity index (χ1) is 10.5. The highest BCUT2D eigenvalue weighted by Crippen LogP contribution is 2.18. The molecule has 0 atom stereocenters. The van der Waals surface area contributed by atoms with E-state index in [9.17, 15) is 9.18 Å². The quantitative estimate of drug-likeness (QED) is 0.882. The van der Waals surface area contributed by atoms with Crippen LogP contribution >= 0.6 is 0 Å². The molecule has 0 unspecified atom stereocenters. The number of anilines is 1. The number of furan rings is 1. The molecular formula is C17H21FN2O2. The third kappa shape index (κ3) is 3.95. The standard InChI is InChI=1S/C17H21FN2O2/c1-4-20(5-2)11-14-8-9-16(22-14)17(21)19-15-10-13(18)7-6-12(15)3/h6-10H,4-5,11H2,1-3H3,(H,19,21). The molecule has 0 fully saturated rings. The monoisotopic (exact) mass is 304 g/mol. The van der Waals surface area contributed by atoms with E-state index in [4.69, 9.17) is 4.42 Å². The number of halogens is 1. The Hall–Kier alpha value is -2.14. The van der Waals surface area contributed by atoms with Gasteiger partial charge in [-0.3, -0.25) is 9.69 Å². The molecule has 0 saturated carbocycles. The number of amides is 1. The molecule has 1 aromatic carbocycles. The third-order valence-corrected chi connectivity index (χ3v) is 3.61. The van der Waals surface area contributed by atoms with E-state index in [1.807, 2.05) is 6.92 Å². The summed E-state index contributed by atoms with van der Waals surface area (Å²) in [7, 11) is 0. The molecule has 118 valence electrons. The van der Waals surface area contributed by atoms with Crippen LogP contribution in [0.25, 0.3) is 0 Å². The largest absolute Gasteiger partial charge is 0.455 e. The van der Waals surface area contributed by atoms with Gasteiger partial charge < -0.3 is 9.73 Å². The Morgan fingerprint density at radius 1 is 1.23 bits per heavy atom. The molecular weight excluding hydrogens is 283 g/mol. The number of hydrogen-bond donors (Lipinski definition) is 1. The SMILES string of the molecule is CCN(CC)Cc1ccc(C(=O)Nc2cc(F)ccc2C)o1. The molecule has 1 heterocycles. The third-order valence-electron chi connectivity index (χ3n) is 3.61. The van der Waals surface area contributed by atoms with Crippen LogP contribution in [0.5, 0.6) is 0 Å². The molecule has 4 nitrogen and oxygen atoms in total. The lowest BCUT2D eigenvalue weighted by molar-refractivity contribution is 0.0993. The molecule has 5 heteroatoms. The molecule has 2 aromatic rings. The Morgan fingerprint density at radius 2 is 1.95 bits per heavy atom. The van der Waals surface area contributed by atoms with Crippen molar-refractivity contribution in [2.24, 2.45) is 0 Å². The van der Waals surface area contributed by atoms with Gasteiger partial charge in [0.15, 0.2) is 5.76 Å². The summed E-state index contributed by atoms with van der Waals surface area (Å²) in [6.45, 7) is 8.46. The van der Waals surface area contributed by atoms with Gasteiger partial charge in [-0.2, -0.15) is 0 Å². The highest BCUT2D eigenvalue weighted by atomic mass is 19.1. The summed E-state index contributed by atoms with van der Waals surface area (Å²) >= 11 is 0. The van der Waals surface area contributed by atoms with Crippen LogP contribution in [0.4, 0.5) is 10.1 Å². The minimum absolute atomic E-state index is 0.228. The van der Waals surface area contributed by atoms with Gasteiger partial charge in [0.25, 0.3) is 5.91 Å². The molecule has 1 aromatic heterocycles. The molecule has 0 saturated heterocycles. The molecule has 1 N–H and O–H groups in total. The first-order valence-corrected chi connectivity index (χ1v) is 7.42. The molecule has 0 bridgehead atoms. The smallest absolute Gasteiger partial charge is 0.291 e. The second-order valence-electron chi connectivity index (χ2n) is 5.14. The van der Waals surface area contributed by atoms with Gasteiger partial charge in [0.2, 0.25) is 0 Å². The van der Waals surface area contributed by atoms with E-state index in [1.165, 1.54) is 12.1 Å². The fourth-order valence-electron chi connectivity index (χ4n) is 2.17. The van der Waals surface area contributed by atoms with Crippen LogP contribution in [0.2, 0.25) is 0 Å². The minimum atomic E-state index is -0.387. The number of rotatable bonds is 6. The van der Waals surface area contributed by atoms with Gasteiger partial charge in [0, 0.05) is 5.69 Å². The van der Waals surface area contributed by atoms with E-state index in [-0.39, 0.29) is 17.5 Å². The number of nitrogens with one attached hydrogen (secondary N) is 1. The molecule has 2 rings (SSSR count). The number of nitrogens with zero attached hydrogens (tertiary/aromatic N) is 1. The second-order valence-corrected chi connectivity index (χ2v) is 5.14. The fourth-order valence-corrected chi connectivity index (χ4v) is 2.17. The number of hydrogen-bond acceptors (Lipinski definition) is 3. The average molecular weight is 304 g/mol. The van der Waals surface area contributed by atoms with Gasteiger partial charge >= 0.3 is 0 Å². The van der Waals surface area contributed by atoms with E-state index in [0.717, 1.165) is 24.4 Å². The van der Waals surface area contributed by atoms with Crippen LogP contribution in [0.15, 0.2) is 34.7 Å². The fraction of sp³-hybridized carbons (Fsp3) is 0.353. The van der Waals surface area contributed by atoms with Gasteiger partial charge in [0.05, 0.1) is 6.54 Å².